The molecule has 0 N–H and O–H groups in total. The molecular weight excluding hydrogens is 2570 g/mol. The van der Waals surface area contributed by atoms with Crippen molar-refractivity contribution in [2.75, 3.05) is 0 Å². The Morgan fingerprint density at radius 2 is 0.507 bits per heavy atom. The summed E-state index contributed by atoms with van der Waals surface area (Å²) in [5.41, 5.74) is 10.1. The van der Waals surface area contributed by atoms with Crippen molar-refractivity contribution in [2.24, 2.45) is 0 Å². The normalized spacial score (nSPS) is 11.6. The Kier molecular flexibility index (Phi) is 38.9. The van der Waals surface area contributed by atoms with E-state index in [1.54, 1.807) is 31.7 Å². The molecule has 0 aliphatic carbocycles. The minimum absolute atomic E-state index is 0. The molecule has 0 amide bonds. The van der Waals surface area contributed by atoms with Gasteiger partial charge in [-0.05, 0) is 207 Å². The van der Waals surface area contributed by atoms with Crippen LogP contribution < -0.4 is 40.8 Å². The molecule has 50 heteroatoms. The molecule has 16 heterocycles. The van der Waals surface area contributed by atoms with E-state index in [4.69, 9.17) is 0 Å². The molecule has 0 saturated heterocycles. The van der Waals surface area contributed by atoms with E-state index in [-0.39, 0.29) is 146 Å². The van der Waals surface area contributed by atoms with Crippen LogP contribution >= 0.6 is 0 Å². The maximum Gasteiger partial charge on any atom is 2.00 e. The van der Waals surface area contributed by atoms with Crippen LogP contribution in [0.1, 0.15) is 178 Å². The Bertz CT molecular complexity index is 6490. The summed E-state index contributed by atoms with van der Waals surface area (Å²) in [5, 5.41) is 60.0. The molecular formula is C90H86F12N34Pt4. The number of aryl methyl sites for hydroxylation is 4. The zero-order chi connectivity index (χ0) is 99.1. The van der Waals surface area contributed by atoms with Crippen LogP contribution in [0.3, 0.4) is 0 Å². The van der Waals surface area contributed by atoms with E-state index in [2.05, 4.69) is 275 Å². The maximum absolute atomic E-state index is 12.6. The van der Waals surface area contributed by atoms with Crippen LogP contribution in [0.15, 0.2) is 177 Å². The van der Waals surface area contributed by atoms with Gasteiger partial charge in [0.25, 0.3) is 0 Å². The number of fused-ring (bicyclic) bond motifs is 2. The van der Waals surface area contributed by atoms with E-state index in [1.807, 2.05) is 124 Å². The van der Waals surface area contributed by atoms with Crippen LogP contribution in [0.4, 0.5) is 52.7 Å². The molecule has 0 spiro atoms. The number of hydrogen-bond donors (Lipinski definition) is 0. The van der Waals surface area contributed by atoms with Crippen molar-refractivity contribution in [3.05, 3.63) is 252 Å². The van der Waals surface area contributed by atoms with Gasteiger partial charge in [0, 0.05) is 95.7 Å². The molecule has 0 saturated carbocycles. The van der Waals surface area contributed by atoms with Gasteiger partial charge >= 0.3 is 109 Å². The number of alkyl halides is 12. The zero-order valence-corrected chi connectivity index (χ0v) is 86.8. The third kappa shape index (κ3) is 32.0. The summed E-state index contributed by atoms with van der Waals surface area (Å²) in [5.74, 6) is -0.573. The Morgan fingerprint density at radius 1 is 0.229 bits per heavy atom. The smallest absolute Gasteiger partial charge is 0.421 e. The number of pyridine rings is 6. The van der Waals surface area contributed by atoms with Gasteiger partial charge in [-0.15, -0.1) is 0 Å². The van der Waals surface area contributed by atoms with E-state index in [0.29, 0.717) is 68.8 Å². The molecule has 18 rings (SSSR count). The maximum atomic E-state index is 12.6. The minimum Gasteiger partial charge on any atom is -0.421 e. The molecule has 34 nitrogen and oxygen atoms in total. The third-order valence-corrected chi connectivity index (χ3v) is 18.8. The Morgan fingerprint density at radius 3 is 0.807 bits per heavy atom. The molecule has 0 aliphatic heterocycles. The molecule has 140 heavy (non-hydrogen) atoms. The van der Waals surface area contributed by atoms with Crippen molar-refractivity contribution in [3.8, 4) is 92.3 Å². The second kappa shape index (κ2) is 47.8. The summed E-state index contributed by atoms with van der Waals surface area (Å²) < 4.78 is 148. The van der Waals surface area contributed by atoms with Crippen molar-refractivity contribution in [1.82, 2.24) is 171 Å². The number of rotatable bonds is 8. The number of halogens is 12. The summed E-state index contributed by atoms with van der Waals surface area (Å²) in [4.78, 5) is 70.0. The monoisotopic (exact) mass is 2650 g/mol. The van der Waals surface area contributed by atoms with Crippen LogP contribution in [0.5, 0.6) is 0 Å². The Hall–Kier alpha value is -12.9. The first kappa shape index (κ1) is 114. The van der Waals surface area contributed by atoms with E-state index in [9.17, 15) is 52.7 Å². The molecule has 0 aliphatic rings. The summed E-state index contributed by atoms with van der Waals surface area (Å²) in [7, 11) is 0. The quantitative estimate of drug-likeness (QED) is 0.127. The molecule has 18 aromatic rings. The predicted molar refractivity (Wildman–Crippen MR) is 472 cm³/mol. The van der Waals surface area contributed by atoms with Crippen molar-refractivity contribution < 1.29 is 137 Å². The van der Waals surface area contributed by atoms with Gasteiger partial charge in [0.2, 0.25) is 0 Å². The van der Waals surface area contributed by atoms with Gasteiger partial charge in [0.15, 0.2) is 5.82 Å². The predicted octanol–water partition coefficient (Wildman–Crippen LogP) is 16.8. The third-order valence-electron chi connectivity index (χ3n) is 18.8. The fourth-order valence-electron chi connectivity index (χ4n) is 11.6. The molecule has 0 bridgehead atoms. The Labute approximate surface area is 851 Å². The largest absolute Gasteiger partial charge is 2.00 e. The van der Waals surface area contributed by atoms with E-state index in [0.717, 1.165) is 44.7 Å². The standard InChI is InChI=1S/2C16H14F3N4.3C12H15N4.C8H7N4.2C7H3F3N5.4Pt/c2*1-15(2,3)10-4-5-11-9(8-10)6-7-20-12(11)13-21-14(23-22-13)16(17,18)19;3*1-8-14-11(16-15-8)10-7-9(5-6-13-10)12(2,3)4;1-6-10-8(12-11-6)7-4-2-3-5-9-7;8-7(9,10)6-13-5(14-15-6)4-1-2-11-3-12-4;8-7(9,10)6-13-5(14-15-6)4-11-2-1-3-12-4;;;;/h2*4-8H,1-3H3;3*5-7H,1-4H3;2-5H,1H3;2*1-3H;;;;/q8*-1;4*+2. The first-order valence-electron chi connectivity index (χ1n) is 41.0. The molecule has 0 unspecified atom stereocenters. The van der Waals surface area contributed by atoms with Crippen molar-refractivity contribution in [3.63, 3.8) is 0 Å². The molecule has 0 fully saturated rings. The number of aromatic nitrogens is 34. The summed E-state index contributed by atoms with van der Waals surface area (Å²) in [6, 6.07) is 35.9. The van der Waals surface area contributed by atoms with E-state index >= 15 is 0 Å². The first-order valence-corrected chi connectivity index (χ1v) is 41.0. The fourth-order valence-corrected chi connectivity index (χ4v) is 11.6. The summed E-state index contributed by atoms with van der Waals surface area (Å²) in [6.45, 7) is 39.3. The van der Waals surface area contributed by atoms with Crippen LogP contribution in [0, 0.1) is 27.7 Å². The average molecular weight is 2650 g/mol. The van der Waals surface area contributed by atoms with Crippen molar-refractivity contribution in [2.45, 2.75) is 183 Å². The molecule has 2 aromatic carbocycles. The van der Waals surface area contributed by atoms with Gasteiger partial charge in [0.1, 0.15) is 29.6 Å². The zero-order valence-electron chi connectivity index (χ0n) is 77.7. The van der Waals surface area contributed by atoms with Gasteiger partial charge in [0.05, 0.1) is 39.9 Å². The molecule has 0 radical (unpaired) electrons. The number of hydrogen-bond acceptors (Lipinski definition) is 26. The van der Waals surface area contributed by atoms with Gasteiger partial charge < -0.3 is 80.7 Å². The van der Waals surface area contributed by atoms with Gasteiger partial charge in [-0.1, -0.05) is 146 Å². The van der Waals surface area contributed by atoms with Crippen molar-refractivity contribution in [1.29, 1.82) is 0 Å². The Balaban J connectivity index is 0.000000218. The molecule has 0 atom stereocenters. The SMILES string of the molecule is CC(C)(C)c1ccc2c(-c3nc(C(F)(F)F)n[n-]3)nccc2c1.CC(C)(C)c1ccc2c(-c3nc(C(F)(F)F)n[n-]3)nccc2c1.Cc1n[n-]c(-c2cc(C(C)(C)C)ccn2)n1.Cc1n[n-]c(-c2cc(C(C)(C)C)ccn2)n1.Cc1n[n-]c(-c2cc(C(C)(C)C)ccn2)n1.Cc1n[n-]c(-c2ccccn2)n1.FC(F)(F)c1n[n-]c(-c2ccncn2)n1.FC(F)(F)c1n[n-]c(-c2ncccn2)n1.[Pt+2].[Pt+2].[Pt+2].[Pt+2]. The van der Waals surface area contributed by atoms with E-state index < -0.39 is 48.0 Å². The van der Waals surface area contributed by atoms with Gasteiger partial charge in [-0.2, -0.15) is 52.7 Å². The summed E-state index contributed by atoms with van der Waals surface area (Å²) in [6.07, 6.45) is -2.92. The second-order valence-corrected chi connectivity index (χ2v) is 34.7. The summed E-state index contributed by atoms with van der Waals surface area (Å²) >= 11 is 0. The average Bonchev–Trinajstić information content (AvgIpc) is 1.12. The van der Waals surface area contributed by atoms with Crippen LogP contribution in [-0.4, -0.2) is 131 Å². The number of nitrogens with zero attached hydrogens (tertiary/aromatic N) is 34. The van der Waals surface area contributed by atoms with Gasteiger partial charge in [-0.25, -0.2) is 19.9 Å². The topological polar surface area (TPSA) is 448 Å². The minimum atomic E-state index is -4.62. The fraction of sp³-hybridized carbons (Fsp3) is 0.311. The van der Waals surface area contributed by atoms with Crippen LogP contribution in [0.2, 0.25) is 0 Å². The molecule has 740 valence electrons. The van der Waals surface area contributed by atoms with Crippen LogP contribution in [0.25, 0.3) is 114 Å². The van der Waals surface area contributed by atoms with Crippen LogP contribution in [-0.2, 0) is 136 Å². The number of benzene rings is 2. The van der Waals surface area contributed by atoms with Crippen molar-refractivity contribution >= 4 is 21.5 Å². The van der Waals surface area contributed by atoms with E-state index in [1.165, 1.54) is 66.1 Å². The van der Waals surface area contributed by atoms with Gasteiger partial charge in [-0.3, -0.25) is 70.7 Å². The molecule has 16 aromatic heterocycles. The first-order chi connectivity index (χ1) is 63.7. The second-order valence-electron chi connectivity index (χ2n) is 34.7.